The zero-order valence-corrected chi connectivity index (χ0v) is 48.3. The van der Waals surface area contributed by atoms with Crippen LogP contribution < -0.4 is 44.4 Å². The summed E-state index contributed by atoms with van der Waals surface area (Å²) in [7, 11) is 10.9. The fourth-order valence-corrected chi connectivity index (χ4v) is 11.9. The first-order chi connectivity index (χ1) is 36.2. The molecule has 0 spiro atoms. The highest BCUT2D eigenvalue weighted by atomic mass is 16.5. The molecular formula is C66H84N4O6. The summed E-state index contributed by atoms with van der Waals surface area (Å²) < 4.78 is 39.6. The molecule has 10 heteroatoms. The van der Waals surface area contributed by atoms with E-state index in [1.165, 1.54) is 16.7 Å². The summed E-state index contributed by atoms with van der Waals surface area (Å²) in [5.74, 6) is 5.20. The molecule has 9 rings (SSSR count). The zero-order chi connectivity index (χ0) is 54.3. The van der Waals surface area contributed by atoms with E-state index in [4.69, 9.17) is 28.4 Å². The Labute approximate surface area is 454 Å². The Morgan fingerprint density at radius 3 is 0.618 bits per heavy atom. The normalized spacial score (nSPS) is 15.2. The maximum Gasteiger partial charge on any atom is 0.126 e. The van der Waals surface area contributed by atoms with Crippen molar-refractivity contribution in [1.29, 1.82) is 0 Å². The molecule has 0 atom stereocenters. The predicted molar refractivity (Wildman–Crippen MR) is 313 cm³/mol. The second-order valence-electron chi connectivity index (χ2n) is 24.4. The van der Waals surface area contributed by atoms with Gasteiger partial charge in [0.25, 0.3) is 0 Å². The predicted octanol–water partition coefficient (Wildman–Crippen LogP) is 13.1. The molecular weight excluding hydrogens is 945 g/mol. The number of ether oxygens (including phenoxy) is 6. The van der Waals surface area contributed by atoms with Gasteiger partial charge >= 0.3 is 0 Å². The topological polar surface area (TPSA) is 94.7 Å². The van der Waals surface area contributed by atoms with E-state index >= 15 is 0 Å². The highest BCUT2D eigenvalue weighted by molar-refractivity contribution is 5.65. The van der Waals surface area contributed by atoms with Crippen molar-refractivity contribution < 1.29 is 28.4 Å². The minimum Gasteiger partial charge on any atom is -0.496 e. The van der Waals surface area contributed by atoms with Crippen molar-refractivity contribution in [3.8, 4) is 34.5 Å². The molecule has 0 amide bonds. The number of anilines is 3. The number of nitrogens with one attached hydrogen (secondary N) is 3. The molecule has 0 fully saturated rings. The first-order valence-electron chi connectivity index (χ1n) is 27.4. The van der Waals surface area contributed by atoms with Gasteiger partial charge in [-0.3, -0.25) is 4.90 Å². The minimum absolute atomic E-state index is 0.154. The average Bonchev–Trinajstić information content (AvgIpc) is 3.35. The van der Waals surface area contributed by atoms with Crippen LogP contribution in [0.15, 0.2) is 72.8 Å². The molecule has 0 unspecified atom stereocenters. The molecule has 76 heavy (non-hydrogen) atoms. The zero-order valence-electron chi connectivity index (χ0n) is 48.3. The highest BCUT2D eigenvalue weighted by Crippen LogP contribution is 2.45. The van der Waals surface area contributed by atoms with Gasteiger partial charge in [-0.1, -0.05) is 98.7 Å². The molecule has 3 aliphatic heterocycles. The monoisotopic (exact) mass is 1030 g/mol. The lowest BCUT2D eigenvalue weighted by Gasteiger charge is -2.28. The number of rotatable bonds is 6. The molecule has 3 N–H and O–H groups in total. The van der Waals surface area contributed by atoms with E-state index in [1.54, 1.807) is 0 Å². The van der Waals surface area contributed by atoms with Crippen LogP contribution in [0, 0.1) is 0 Å². The molecule has 0 radical (unpaired) electrons. The van der Waals surface area contributed by atoms with Gasteiger partial charge in [-0.2, -0.15) is 0 Å². The minimum atomic E-state index is -0.154. The molecule has 0 saturated heterocycles. The summed E-state index contributed by atoms with van der Waals surface area (Å²) in [5.41, 5.74) is 19.5. The van der Waals surface area contributed by atoms with Gasteiger partial charge in [-0.25, -0.2) is 0 Å². The Balaban J connectivity index is 1.42. The van der Waals surface area contributed by atoms with Crippen molar-refractivity contribution in [2.24, 2.45) is 0 Å². The maximum atomic E-state index is 6.60. The molecule has 0 saturated carbocycles. The van der Waals surface area contributed by atoms with Gasteiger partial charge in [0.15, 0.2) is 0 Å². The summed E-state index contributed by atoms with van der Waals surface area (Å²) in [6, 6.07) is 27.9. The summed E-state index contributed by atoms with van der Waals surface area (Å²) in [6.07, 6.45) is 3.52. The second kappa shape index (κ2) is 21.8. The third-order valence-electron chi connectivity index (χ3n) is 15.8. The molecule has 6 aromatic carbocycles. The summed E-state index contributed by atoms with van der Waals surface area (Å²) in [4.78, 5) is 2.56. The third-order valence-corrected chi connectivity index (χ3v) is 15.8. The van der Waals surface area contributed by atoms with Crippen molar-refractivity contribution >= 4 is 17.1 Å². The Morgan fingerprint density at radius 2 is 0.461 bits per heavy atom. The van der Waals surface area contributed by atoms with Crippen LogP contribution in [0.25, 0.3) is 0 Å². The Morgan fingerprint density at radius 1 is 0.289 bits per heavy atom. The van der Waals surface area contributed by atoms with Crippen LogP contribution in [0.5, 0.6) is 34.5 Å². The standard InChI is InChI=1S/C66H84N4O6/c1-64(2,3)52-28-40-22-46-34-55-36-48(61(46)74-13)24-42-30-53(65(4,5)6)32-44(59(42)72-11)26-50-38-57-39-51(63(50)76-15)27-45-33-54(66(7,8)9)31-43(60(45)73-12)25-49-37-56(68-17-20-70(19-16-67-55)21-18-69-57)35-47(62(49)75-14)23-41(29-52)58(40)71-10/h28-39,67-69H,16-27H2,1-15H3. The fourth-order valence-electron chi connectivity index (χ4n) is 11.9. The summed E-state index contributed by atoms with van der Waals surface area (Å²) in [5, 5.41) is 11.8. The van der Waals surface area contributed by atoms with Crippen LogP contribution in [0.1, 0.15) is 146 Å². The van der Waals surface area contributed by atoms with Crippen LogP contribution in [-0.2, 0) is 54.8 Å². The van der Waals surface area contributed by atoms with E-state index in [-0.39, 0.29) is 16.2 Å². The van der Waals surface area contributed by atoms with Gasteiger partial charge in [-0.05, 0) is 103 Å². The van der Waals surface area contributed by atoms with Gasteiger partial charge < -0.3 is 44.4 Å². The SMILES string of the molecule is COc1c2cc3cc1Cc1cc(C(C)(C)C)cc(c1OC)Cc1cc4cc(c1OC)Cc1cc(C(C)(C)C)cc(c1OC)Cc1cc(cc(c1OC)Cc1cc(C(C)(C)C)cc(c1OC)C2)NCCN(CCN3)CCN4. The van der Waals surface area contributed by atoms with Crippen molar-refractivity contribution in [2.45, 2.75) is 117 Å². The molecule has 0 aromatic heterocycles. The summed E-state index contributed by atoms with van der Waals surface area (Å²) in [6.45, 7) is 25.4. The number of benzene rings is 6. The molecule has 6 aromatic rings. The Bertz CT molecular complexity index is 2640. The first kappa shape index (κ1) is 54.3. The van der Waals surface area contributed by atoms with Crippen molar-refractivity contribution in [1.82, 2.24) is 4.90 Å². The van der Waals surface area contributed by atoms with Gasteiger partial charge in [0.2, 0.25) is 0 Å². The van der Waals surface area contributed by atoms with E-state index in [0.717, 1.165) is 158 Å². The fraction of sp³-hybridized carbons (Fsp3) is 0.455. The molecule has 16 bridgehead atoms. The quantitative estimate of drug-likeness (QED) is 0.149. The second-order valence-corrected chi connectivity index (χ2v) is 24.4. The average molecular weight is 1030 g/mol. The van der Waals surface area contributed by atoms with Gasteiger partial charge in [-0.15, -0.1) is 0 Å². The molecule has 0 aliphatic carbocycles. The first-order valence-corrected chi connectivity index (χ1v) is 27.4. The van der Waals surface area contributed by atoms with Crippen LogP contribution in [0.4, 0.5) is 17.1 Å². The largest absolute Gasteiger partial charge is 0.496 e. The number of hydrogen-bond acceptors (Lipinski definition) is 10. The van der Waals surface area contributed by atoms with Crippen LogP contribution >= 0.6 is 0 Å². The smallest absolute Gasteiger partial charge is 0.126 e. The molecule has 3 aliphatic rings. The van der Waals surface area contributed by atoms with Crippen molar-refractivity contribution in [2.75, 3.05) is 97.9 Å². The van der Waals surface area contributed by atoms with E-state index in [0.29, 0.717) is 38.5 Å². The number of hydrogen-bond donors (Lipinski definition) is 3. The Hall–Kier alpha value is -6.52. The van der Waals surface area contributed by atoms with Crippen LogP contribution in [0.3, 0.4) is 0 Å². The lowest BCUT2D eigenvalue weighted by atomic mass is 9.81. The number of methoxy groups -OCH3 is 6. The van der Waals surface area contributed by atoms with Gasteiger partial charge in [0.1, 0.15) is 34.5 Å². The van der Waals surface area contributed by atoms with Crippen LogP contribution in [-0.4, -0.2) is 86.8 Å². The number of nitrogens with zero attached hydrogens (tertiary/aromatic N) is 1. The lowest BCUT2D eigenvalue weighted by molar-refractivity contribution is 0.306. The summed E-state index contributed by atoms with van der Waals surface area (Å²) >= 11 is 0. The van der Waals surface area contributed by atoms with Crippen LogP contribution in [0.2, 0.25) is 0 Å². The van der Waals surface area contributed by atoms with E-state index in [9.17, 15) is 0 Å². The maximum absolute atomic E-state index is 6.60. The lowest BCUT2D eigenvalue weighted by Crippen LogP contribution is -2.36. The van der Waals surface area contributed by atoms with Gasteiger partial charge in [0, 0.05) is 128 Å². The Kier molecular flexibility index (Phi) is 15.6. The highest BCUT2D eigenvalue weighted by Gasteiger charge is 2.29. The van der Waals surface area contributed by atoms with E-state index < -0.39 is 0 Å². The number of fused-ring (bicyclic) bond motifs is 18. The van der Waals surface area contributed by atoms with Gasteiger partial charge in [0.05, 0.1) is 42.7 Å². The van der Waals surface area contributed by atoms with E-state index in [2.05, 4.69) is 156 Å². The third kappa shape index (κ3) is 11.4. The molecule has 404 valence electrons. The molecule has 3 heterocycles. The van der Waals surface area contributed by atoms with Crippen molar-refractivity contribution in [3.05, 3.63) is 156 Å². The van der Waals surface area contributed by atoms with Crippen molar-refractivity contribution in [3.63, 3.8) is 0 Å². The van der Waals surface area contributed by atoms with E-state index in [1.807, 2.05) is 42.7 Å². The molecule has 10 nitrogen and oxygen atoms in total.